The smallest absolute Gasteiger partial charge is 0.306 e. The molecule has 75 heavy (non-hydrogen) atoms. The predicted molar refractivity (Wildman–Crippen MR) is 321 cm³/mol. The SMILES string of the molecule is CCCCCCCCCCCCC/C=C/C(OC(=O)CCCCCCCCCCCCCCCCCCC)C(COP(=O)([O-])OCC[N+](C)(C)C)NC(=O)CCCCCCCCCCCCCCCCCCCCC. The number of quaternary nitrogens is 1. The van der Waals surface area contributed by atoms with Gasteiger partial charge >= 0.3 is 5.97 Å². The fraction of sp³-hybridized carbons (Fsp3) is 0.938. The van der Waals surface area contributed by atoms with Crippen LogP contribution in [0.2, 0.25) is 0 Å². The molecule has 3 unspecified atom stereocenters. The van der Waals surface area contributed by atoms with Crippen LogP contribution < -0.4 is 10.2 Å². The summed E-state index contributed by atoms with van der Waals surface area (Å²) in [5.74, 6) is -0.516. The number of rotatable bonds is 61. The number of hydrogen-bond acceptors (Lipinski definition) is 7. The lowest BCUT2D eigenvalue weighted by Gasteiger charge is -2.30. The highest BCUT2D eigenvalue weighted by Crippen LogP contribution is 2.38. The number of carbonyl (C=O) groups excluding carboxylic acids is 2. The highest BCUT2D eigenvalue weighted by molar-refractivity contribution is 7.45. The number of esters is 1. The third-order valence-corrected chi connectivity index (χ3v) is 16.2. The van der Waals surface area contributed by atoms with Crippen molar-refractivity contribution in [2.75, 3.05) is 40.9 Å². The molecule has 3 atom stereocenters. The van der Waals surface area contributed by atoms with E-state index in [0.717, 1.165) is 57.8 Å². The normalized spacial score (nSPS) is 13.6. The van der Waals surface area contributed by atoms with Crippen LogP contribution in [0.1, 0.15) is 342 Å². The first-order valence-electron chi connectivity index (χ1n) is 33.0. The highest BCUT2D eigenvalue weighted by atomic mass is 31.2. The van der Waals surface area contributed by atoms with E-state index in [9.17, 15) is 19.0 Å². The van der Waals surface area contributed by atoms with Gasteiger partial charge in [-0.3, -0.25) is 14.2 Å². The summed E-state index contributed by atoms with van der Waals surface area (Å²) in [5.41, 5.74) is 0. The number of amides is 1. The highest BCUT2D eigenvalue weighted by Gasteiger charge is 2.27. The molecule has 0 aromatic heterocycles. The summed E-state index contributed by atoms with van der Waals surface area (Å²) in [6, 6.07) is -0.879. The van der Waals surface area contributed by atoms with Crippen LogP contribution in [0.4, 0.5) is 0 Å². The van der Waals surface area contributed by atoms with E-state index in [1.165, 1.54) is 250 Å². The van der Waals surface area contributed by atoms with Crippen molar-refractivity contribution in [3.8, 4) is 0 Å². The van der Waals surface area contributed by atoms with Crippen molar-refractivity contribution in [2.45, 2.75) is 354 Å². The van der Waals surface area contributed by atoms with Gasteiger partial charge in [0.25, 0.3) is 7.82 Å². The zero-order chi connectivity index (χ0) is 55.0. The number of ether oxygens (including phenoxy) is 1. The van der Waals surface area contributed by atoms with Crippen LogP contribution in [-0.2, 0) is 27.9 Å². The molecule has 1 N–H and O–H groups in total. The third-order valence-electron chi connectivity index (χ3n) is 15.2. The van der Waals surface area contributed by atoms with Gasteiger partial charge in [-0.25, -0.2) is 0 Å². The van der Waals surface area contributed by atoms with Crippen molar-refractivity contribution in [3.63, 3.8) is 0 Å². The summed E-state index contributed by atoms with van der Waals surface area (Å²) in [5, 5.41) is 3.05. The quantitative estimate of drug-likeness (QED) is 0.0212. The maximum absolute atomic E-state index is 13.6. The topological polar surface area (TPSA) is 114 Å². The molecule has 0 aliphatic rings. The molecular formula is C65H129N2O7P. The second-order valence-electron chi connectivity index (χ2n) is 24.0. The average molecular weight is 1080 g/mol. The summed E-state index contributed by atoms with van der Waals surface area (Å²) in [7, 11) is 1.21. The molecule has 446 valence electrons. The van der Waals surface area contributed by atoms with E-state index in [-0.39, 0.29) is 31.5 Å². The molecule has 0 aliphatic carbocycles. The molecule has 0 aromatic carbocycles. The van der Waals surface area contributed by atoms with Gasteiger partial charge in [-0.1, -0.05) is 309 Å². The van der Waals surface area contributed by atoms with Crippen molar-refractivity contribution in [2.24, 2.45) is 0 Å². The Morgan fingerprint density at radius 2 is 0.760 bits per heavy atom. The largest absolute Gasteiger partial charge is 0.756 e. The van der Waals surface area contributed by atoms with Gasteiger partial charge in [0.15, 0.2) is 0 Å². The van der Waals surface area contributed by atoms with Gasteiger partial charge in [0, 0.05) is 12.8 Å². The minimum absolute atomic E-state index is 0.0165. The van der Waals surface area contributed by atoms with E-state index in [0.29, 0.717) is 17.4 Å². The molecule has 10 heteroatoms. The lowest BCUT2D eigenvalue weighted by Crippen LogP contribution is -2.47. The fourth-order valence-electron chi connectivity index (χ4n) is 10.1. The van der Waals surface area contributed by atoms with E-state index < -0.39 is 20.0 Å². The van der Waals surface area contributed by atoms with E-state index in [1.54, 1.807) is 0 Å². The van der Waals surface area contributed by atoms with Crippen molar-refractivity contribution >= 4 is 19.7 Å². The van der Waals surface area contributed by atoms with Crippen LogP contribution in [0.5, 0.6) is 0 Å². The van der Waals surface area contributed by atoms with Gasteiger partial charge in [0.1, 0.15) is 19.3 Å². The number of nitrogens with zero attached hydrogens (tertiary/aromatic N) is 1. The van der Waals surface area contributed by atoms with Crippen molar-refractivity contribution in [3.05, 3.63) is 12.2 Å². The zero-order valence-electron chi connectivity index (χ0n) is 51.0. The number of phosphoric ester groups is 1. The molecule has 0 spiro atoms. The van der Waals surface area contributed by atoms with Gasteiger partial charge < -0.3 is 28.5 Å². The van der Waals surface area contributed by atoms with Gasteiger partial charge in [0.05, 0.1) is 33.8 Å². The summed E-state index contributed by atoms with van der Waals surface area (Å²) in [6.07, 6.45) is 64.6. The second-order valence-corrected chi connectivity index (χ2v) is 25.4. The number of likely N-dealkylation sites (N-methyl/N-ethyl adjacent to an activating group) is 1. The molecule has 0 aromatic rings. The number of nitrogens with one attached hydrogen (secondary N) is 1. The molecule has 0 bridgehead atoms. The monoisotopic (exact) mass is 1080 g/mol. The molecule has 0 heterocycles. The first-order chi connectivity index (χ1) is 36.4. The van der Waals surface area contributed by atoms with E-state index >= 15 is 0 Å². The number of carbonyl (C=O) groups is 2. The minimum atomic E-state index is -4.69. The Kier molecular flexibility index (Phi) is 55.1. The van der Waals surface area contributed by atoms with E-state index in [1.807, 2.05) is 33.3 Å². The molecule has 1 amide bonds. The number of phosphoric acid groups is 1. The Labute approximate surface area is 467 Å². The van der Waals surface area contributed by atoms with Gasteiger partial charge in [-0.05, 0) is 31.8 Å². The van der Waals surface area contributed by atoms with Crippen LogP contribution in [0.25, 0.3) is 0 Å². The van der Waals surface area contributed by atoms with Crippen molar-refractivity contribution < 1.29 is 37.3 Å². The molecule has 0 aliphatic heterocycles. The first-order valence-corrected chi connectivity index (χ1v) is 34.5. The Hall–Kier alpha value is -1.25. The minimum Gasteiger partial charge on any atom is -0.756 e. The van der Waals surface area contributed by atoms with Crippen LogP contribution in [0.3, 0.4) is 0 Å². The van der Waals surface area contributed by atoms with Gasteiger partial charge in [-0.15, -0.1) is 0 Å². The predicted octanol–water partition coefficient (Wildman–Crippen LogP) is 19.7. The van der Waals surface area contributed by atoms with E-state index in [4.69, 9.17) is 13.8 Å². The summed E-state index contributed by atoms with van der Waals surface area (Å²) in [6.45, 7) is 6.91. The van der Waals surface area contributed by atoms with Crippen molar-refractivity contribution in [1.82, 2.24) is 5.32 Å². The third kappa shape index (κ3) is 57.3. The standard InChI is InChI=1S/C65H129N2O7P/c1-7-10-13-16-19-22-25-28-30-32-33-35-36-39-42-45-48-51-54-57-64(68)66-62(61-73-75(70,71)72-60-59-67(4,5)6)63(56-53-50-47-44-41-38-27-24-21-18-15-12-9-3)74-65(69)58-55-52-49-46-43-40-37-34-31-29-26-23-20-17-14-11-8-2/h53,56,62-63H,7-52,54-55,57-61H2,1-6H3,(H-,66,68,70,71)/b56-53+. The van der Waals surface area contributed by atoms with Crippen LogP contribution >= 0.6 is 7.82 Å². The number of allylic oxidation sites excluding steroid dienone is 1. The zero-order valence-corrected chi connectivity index (χ0v) is 51.9. The molecule has 0 rings (SSSR count). The molecule has 0 saturated carbocycles. The number of hydrogen-bond donors (Lipinski definition) is 1. The molecule has 0 saturated heterocycles. The maximum atomic E-state index is 13.6. The first kappa shape index (κ1) is 73.8. The summed E-state index contributed by atoms with van der Waals surface area (Å²) in [4.78, 5) is 40.1. The molecule has 0 fully saturated rings. The maximum Gasteiger partial charge on any atom is 0.306 e. The summed E-state index contributed by atoms with van der Waals surface area (Å²) < 4.78 is 30.4. The molecular weight excluding hydrogens is 952 g/mol. The Balaban J connectivity index is 5.18. The van der Waals surface area contributed by atoms with Gasteiger partial charge in [-0.2, -0.15) is 0 Å². The molecule has 0 radical (unpaired) electrons. The lowest BCUT2D eigenvalue weighted by molar-refractivity contribution is -0.870. The van der Waals surface area contributed by atoms with Crippen LogP contribution in [0, 0.1) is 0 Å². The molecule has 9 nitrogen and oxygen atoms in total. The lowest BCUT2D eigenvalue weighted by atomic mass is 10.0. The summed E-state index contributed by atoms with van der Waals surface area (Å²) >= 11 is 0. The number of unbranched alkanes of at least 4 members (excludes halogenated alkanes) is 45. The van der Waals surface area contributed by atoms with Crippen molar-refractivity contribution in [1.29, 1.82) is 0 Å². The van der Waals surface area contributed by atoms with E-state index in [2.05, 4.69) is 26.1 Å². The average Bonchev–Trinajstić information content (AvgIpc) is 3.37. The Bertz CT molecular complexity index is 1290. The Morgan fingerprint density at radius 3 is 1.09 bits per heavy atom. The second kappa shape index (κ2) is 56.0. The Morgan fingerprint density at radius 1 is 0.453 bits per heavy atom. The fourth-order valence-corrected chi connectivity index (χ4v) is 10.8. The van der Waals surface area contributed by atoms with Gasteiger partial charge in [0.2, 0.25) is 5.91 Å². The van der Waals surface area contributed by atoms with Crippen LogP contribution in [0.15, 0.2) is 12.2 Å². The van der Waals surface area contributed by atoms with Crippen LogP contribution in [-0.4, -0.2) is 69.4 Å².